The Kier molecular flexibility index (Phi) is 4.73. The molecular weight excluding hydrogens is 144 g/mol. The molecule has 0 rings (SSSR count). The molecule has 0 aliphatic rings. The molecule has 3 heteroatoms. The standard InChI is InChI=1S/C8H9O3/c1-2-4-7(9)5-3-6-8(10)11/h2-4,6H,5H2,1H3/b4-2+,6-3+. The number of carbonyl (C=O) groups is 2. The minimum atomic E-state index is -1.28. The highest BCUT2D eigenvalue weighted by Crippen LogP contribution is 1.87. The molecule has 0 aromatic heterocycles. The molecule has 0 saturated heterocycles. The highest BCUT2D eigenvalue weighted by atomic mass is 16.4. The molecule has 0 aromatic carbocycles. The van der Waals surface area contributed by atoms with Crippen molar-refractivity contribution < 1.29 is 14.7 Å². The maximum absolute atomic E-state index is 10.7. The number of allylic oxidation sites excluding steroid dienone is 3. The van der Waals surface area contributed by atoms with Gasteiger partial charge in [0.1, 0.15) is 0 Å². The van der Waals surface area contributed by atoms with E-state index in [1.54, 1.807) is 13.0 Å². The Morgan fingerprint density at radius 2 is 1.91 bits per heavy atom. The van der Waals surface area contributed by atoms with Crippen LogP contribution < -0.4 is 0 Å². The smallest absolute Gasteiger partial charge is 0.295 e. The quantitative estimate of drug-likeness (QED) is 0.566. The molecule has 0 aromatic rings. The maximum Gasteiger partial charge on any atom is 0.378 e. The van der Waals surface area contributed by atoms with E-state index in [1.165, 1.54) is 12.2 Å². The Bertz CT molecular complexity index is 201. The molecule has 0 N–H and O–H groups in total. The number of hydrogen-bond donors (Lipinski definition) is 0. The van der Waals surface area contributed by atoms with Crippen molar-refractivity contribution >= 4 is 11.8 Å². The van der Waals surface area contributed by atoms with Gasteiger partial charge in [-0.15, -0.1) is 0 Å². The van der Waals surface area contributed by atoms with Gasteiger partial charge >= 0.3 is 5.97 Å². The van der Waals surface area contributed by atoms with Gasteiger partial charge in [0.25, 0.3) is 0 Å². The Hall–Kier alpha value is -1.38. The first kappa shape index (κ1) is 9.62. The summed E-state index contributed by atoms with van der Waals surface area (Å²) in [5.74, 6) is -1.40. The zero-order chi connectivity index (χ0) is 8.69. The summed E-state index contributed by atoms with van der Waals surface area (Å²) >= 11 is 0. The molecule has 0 bridgehead atoms. The van der Waals surface area contributed by atoms with E-state index < -0.39 is 5.97 Å². The first-order chi connectivity index (χ1) is 5.16. The normalized spacial score (nSPS) is 11.0. The van der Waals surface area contributed by atoms with E-state index in [9.17, 15) is 14.7 Å². The second-order valence-corrected chi connectivity index (χ2v) is 1.89. The van der Waals surface area contributed by atoms with Crippen molar-refractivity contribution in [2.45, 2.75) is 13.3 Å². The van der Waals surface area contributed by atoms with E-state index in [4.69, 9.17) is 0 Å². The van der Waals surface area contributed by atoms with Crippen molar-refractivity contribution in [1.82, 2.24) is 0 Å². The van der Waals surface area contributed by atoms with Crippen LogP contribution in [0.5, 0.6) is 0 Å². The van der Waals surface area contributed by atoms with Crippen molar-refractivity contribution in [3.8, 4) is 0 Å². The van der Waals surface area contributed by atoms with Crippen molar-refractivity contribution in [2.75, 3.05) is 0 Å². The molecule has 0 saturated carbocycles. The predicted octanol–water partition coefficient (Wildman–Crippen LogP) is 1.03. The summed E-state index contributed by atoms with van der Waals surface area (Å²) in [6.07, 6.45) is 5.21. The van der Waals surface area contributed by atoms with Gasteiger partial charge in [0.15, 0.2) is 5.78 Å². The minimum absolute atomic E-state index is 0.109. The first-order valence-corrected chi connectivity index (χ1v) is 3.20. The topological polar surface area (TPSA) is 54.0 Å². The van der Waals surface area contributed by atoms with Gasteiger partial charge in [-0.3, -0.25) is 4.79 Å². The second kappa shape index (κ2) is 5.41. The lowest BCUT2D eigenvalue weighted by Gasteiger charge is -1.82. The summed E-state index contributed by atoms with van der Waals surface area (Å²) in [5.41, 5.74) is 0. The lowest BCUT2D eigenvalue weighted by Crippen LogP contribution is -1.90. The van der Waals surface area contributed by atoms with E-state index in [0.717, 1.165) is 6.08 Å². The van der Waals surface area contributed by atoms with Crippen LogP contribution in [0.3, 0.4) is 0 Å². The molecule has 0 atom stereocenters. The van der Waals surface area contributed by atoms with Crippen molar-refractivity contribution in [2.24, 2.45) is 0 Å². The van der Waals surface area contributed by atoms with Crippen LogP contribution in [0.15, 0.2) is 24.3 Å². The first-order valence-electron chi connectivity index (χ1n) is 3.20. The Morgan fingerprint density at radius 3 is 2.36 bits per heavy atom. The lowest BCUT2D eigenvalue weighted by atomic mass is 10.2. The van der Waals surface area contributed by atoms with Gasteiger partial charge in [-0.1, -0.05) is 12.2 Å². The summed E-state index contributed by atoms with van der Waals surface area (Å²) in [6, 6.07) is 0. The van der Waals surface area contributed by atoms with Crippen LogP contribution in [0.25, 0.3) is 0 Å². The van der Waals surface area contributed by atoms with E-state index in [1.807, 2.05) is 0 Å². The summed E-state index contributed by atoms with van der Waals surface area (Å²) in [6.45, 7) is 1.72. The van der Waals surface area contributed by atoms with Crippen LogP contribution in [0.4, 0.5) is 0 Å². The van der Waals surface area contributed by atoms with Crippen LogP contribution in [0, 0.1) is 0 Å². The molecule has 3 nitrogen and oxygen atoms in total. The Morgan fingerprint density at radius 1 is 1.27 bits per heavy atom. The Labute approximate surface area is 65.0 Å². The lowest BCUT2D eigenvalue weighted by molar-refractivity contribution is -0.137. The predicted molar refractivity (Wildman–Crippen MR) is 39.3 cm³/mol. The van der Waals surface area contributed by atoms with Gasteiger partial charge in [-0.25, -0.2) is 9.90 Å². The van der Waals surface area contributed by atoms with Gasteiger partial charge in [0.2, 0.25) is 0 Å². The van der Waals surface area contributed by atoms with Gasteiger partial charge < -0.3 is 0 Å². The molecule has 0 spiro atoms. The van der Waals surface area contributed by atoms with E-state index in [0.29, 0.717) is 0 Å². The summed E-state index contributed by atoms with van der Waals surface area (Å²) in [5, 5.41) is 9.81. The molecule has 59 valence electrons. The highest BCUT2D eigenvalue weighted by molar-refractivity contribution is 5.91. The third kappa shape index (κ3) is 6.51. The summed E-state index contributed by atoms with van der Waals surface area (Å²) < 4.78 is 0. The van der Waals surface area contributed by atoms with Gasteiger partial charge in [-0.05, 0) is 13.0 Å². The zero-order valence-electron chi connectivity index (χ0n) is 6.24. The van der Waals surface area contributed by atoms with Gasteiger partial charge in [-0.2, -0.15) is 0 Å². The average molecular weight is 153 g/mol. The van der Waals surface area contributed by atoms with Crippen molar-refractivity contribution in [3.63, 3.8) is 0 Å². The van der Waals surface area contributed by atoms with Crippen LogP contribution >= 0.6 is 0 Å². The minimum Gasteiger partial charge on any atom is -0.295 e. The fraction of sp³-hybridized carbons (Fsp3) is 0.250. The third-order valence-electron chi connectivity index (χ3n) is 0.926. The molecule has 1 radical (unpaired) electrons. The van der Waals surface area contributed by atoms with Crippen molar-refractivity contribution in [1.29, 1.82) is 0 Å². The molecule has 0 aliphatic heterocycles. The van der Waals surface area contributed by atoms with Crippen molar-refractivity contribution in [3.05, 3.63) is 24.3 Å². The zero-order valence-corrected chi connectivity index (χ0v) is 6.24. The highest BCUT2D eigenvalue weighted by Gasteiger charge is 1.92. The van der Waals surface area contributed by atoms with Crippen LogP contribution in [0.1, 0.15) is 13.3 Å². The number of hydrogen-bond acceptors (Lipinski definition) is 2. The molecule has 11 heavy (non-hydrogen) atoms. The third-order valence-corrected chi connectivity index (χ3v) is 0.926. The monoisotopic (exact) mass is 153 g/mol. The molecule has 0 fully saturated rings. The number of carbonyl (C=O) groups excluding carboxylic acids is 2. The number of ketones is 1. The van der Waals surface area contributed by atoms with Crippen LogP contribution in [0.2, 0.25) is 0 Å². The average Bonchev–Trinajstić information content (AvgIpc) is 1.87. The van der Waals surface area contributed by atoms with Crippen LogP contribution in [-0.2, 0) is 14.7 Å². The fourth-order valence-corrected chi connectivity index (χ4v) is 0.525. The van der Waals surface area contributed by atoms with Crippen LogP contribution in [-0.4, -0.2) is 11.8 Å². The summed E-state index contributed by atoms with van der Waals surface area (Å²) in [7, 11) is 0. The van der Waals surface area contributed by atoms with E-state index >= 15 is 0 Å². The van der Waals surface area contributed by atoms with E-state index in [-0.39, 0.29) is 12.2 Å². The maximum atomic E-state index is 10.7. The molecule has 0 heterocycles. The van der Waals surface area contributed by atoms with Gasteiger partial charge in [0, 0.05) is 12.5 Å². The largest absolute Gasteiger partial charge is 0.378 e. The summed E-state index contributed by atoms with van der Waals surface area (Å²) in [4.78, 5) is 20.5. The number of rotatable bonds is 4. The SMILES string of the molecule is C/C=C/C(=O)C/C=C/C([O])=O. The Balaban J connectivity index is 3.70. The molecule has 0 unspecified atom stereocenters. The molecule has 0 aliphatic carbocycles. The fourth-order valence-electron chi connectivity index (χ4n) is 0.525. The second-order valence-electron chi connectivity index (χ2n) is 1.89. The molecular formula is C8H9O3. The van der Waals surface area contributed by atoms with E-state index in [2.05, 4.69) is 0 Å². The molecule has 0 amide bonds. The van der Waals surface area contributed by atoms with Gasteiger partial charge in [0.05, 0.1) is 0 Å².